The Morgan fingerprint density at radius 3 is 2.00 bits per heavy atom. The average Bonchev–Trinajstić information content (AvgIpc) is 2.17. The normalized spacial score (nSPS) is 14.4. The quantitative estimate of drug-likeness (QED) is 0.448. The Kier molecular flexibility index (Phi) is 8.14. The number of hydrogen-bond acceptors (Lipinski definition) is 0. The molecule has 16 heavy (non-hydrogen) atoms. The van der Waals surface area contributed by atoms with E-state index in [4.69, 9.17) is 0 Å². The van der Waals surface area contributed by atoms with Crippen LogP contribution in [0.5, 0.6) is 0 Å². The van der Waals surface area contributed by atoms with E-state index in [9.17, 15) is 0 Å². The van der Waals surface area contributed by atoms with Crippen LogP contribution in [0.3, 0.4) is 0 Å². The molecule has 0 radical (unpaired) electrons. The Labute approximate surface area is 104 Å². The maximum atomic E-state index is 2.43. The van der Waals surface area contributed by atoms with Crippen molar-refractivity contribution < 1.29 is 0 Å². The Balaban J connectivity index is 3.96. The van der Waals surface area contributed by atoms with E-state index in [1.807, 2.05) is 0 Å². The molecular formula is C16H34. The van der Waals surface area contributed by atoms with Gasteiger partial charge in [-0.25, -0.2) is 0 Å². The van der Waals surface area contributed by atoms with Crippen molar-refractivity contribution in [3.8, 4) is 0 Å². The predicted molar refractivity (Wildman–Crippen MR) is 75.8 cm³/mol. The second kappa shape index (κ2) is 8.14. The molecule has 0 aromatic heterocycles. The summed E-state index contributed by atoms with van der Waals surface area (Å²) < 4.78 is 0. The zero-order chi connectivity index (χ0) is 12.6. The van der Waals surface area contributed by atoms with Crippen molar-refractivity contribution in [3.63, 3.8) is 0 Å². The van der Waals surface area contributed by atoms with Crippen LogP contribution < -0.4 is 0 Å². The summed E-state index contributed by atoms with van der Waals surface area (Å²) in [6.45, 7) is 14.2. The van der Waals surface area contributed by atoms with Gasteiger partial charge in [0.2, 0.25) is 0 Å². The molecule has 0 aliphatic heterocycles. The fourth-order valence-corrected chi connectivity index (χ4v) is 2.50. The summed E-state index contributed by atoms with van der Waals surface area (Å²) in [6, 6.07) is 0. The Bertz CT molecular complexity index is 155. The summed E-state index contributed by atoms with van der Waals surface area (Å²) >= 11 is 0. The molecule has 0 bridgehead atoms. The number of rotatable bonds is 9. The van der Waals surface area contributed by atoms with Crippen LogP contribution in [-0.4, -0.2) is 0 Å². The predicted octanol–water partition coefficient (Wildman–Crippen LogP) is 6.06. The van der Waals surface area contributed by atoms with Gasteiger partial charge in [-0.3, -0.25) is 0 Å². The van der Waals surface area contributed by atoms with Crippen molar-refractivity contribution in [3.05, 3.63) is 0 Å². The van der Waals surface area contributed by atoms with E-state index in [1.165, 1.54) is 44.9 Å². The second-order valence-corrected chi connectivity index (χ2v) is 6.70. The van der Waals surface area contributed by atoms with E-state index in [1.54, 1.807) is 0 Å². The molecule has 0 aliphatic rings. The lowest BCUT2D eigenvalue weighted by Crippen LogP contribution is -2.16. The zero-order valence-electron chi connectivity index (χ0n) is 12.6. The number of hydrogen-bond donors (Lipinski definition) is 0. The van der Waals surface area contributed by atoms with Crippen LogP contribution >= 0.6 is 0 Å². The summed E-state index contributed by atoms with van der Waals surface area (Å²) in [5, 5.41) is 0. The van der Waals surface area contributed by atoms with Gasteiger partial charge in [-0.2, -0.15) is 0 Å². The molecule has 0 nitrogen and oxygen atoms in total. The van der Waals surface area contributed by atoms with E-state index in [-0.39, 0.29) is 0 Å². The third kappa shape index (κ3) is 8.19. The summed E-state index contributed by atoms with van der Waals surface area (Å²) in [7, 11) is 0. The maximum absolute atomic E-state index is 2.43. The summed E-state index contributed by atoms with van der Waals surface area (Å²) in [4.78, 5) is 0. The van der Waals surface area contributed by atoms with Crippen molar-refractivity contribution in [1.82, 2.24) is 0 Å². The van der Waals surface area contributed by atoms with Gasteiger partial charge < -0.3 is 0 Å². The maximum Gasteiger partial charge on any atom is -0.0354 e. The van der Waals surface area contributed by atoms with Crippen LogP contribution in [0.25, 0.3) is 0 Å². The molecule has 0 N–H and O–H groups in total. The third-order valence-corrected chi connectivity index (χ3v) is 3.89. The van der Waals surface area contributed by atoms with Crippen LogP contribution in [0, 0.1) is 17.3 Å². The van der Waals surface area contributed by atoms with Crippen molar-refractivity contribution in [1.29, 1.82) is 0 Å². The molecule has 0 heterocycles. The zero-order valence-corrected chi connectivity index (χ0v) is 12.6. The van der Waals surface area contributed by atoms with Gasteiger partial charge in [0.25, 0.3) is 0 Å². The van der Waals surface area contributed by atoms with Crippen molar-refractivity contribution in [2.75, 3.05) is 0 Å². The molecule has 0 spiro atoms. The second-order valence-electron chi connectivity index (χ2n) is 6.70. The first kappa shape index (κ1) is 16.0. The highest BCUT2D eigenvalue weighted by Crippen LogP contribution is 2.33. The van der Waals surface area contributed by atoms with Crippen LogP contribution in [0.4, 0.5) is 0 Å². The molecule has 0 fully saturated rings. The van der Waals surface area contributed by atoms with Gasteiger partial charge in [-0.05, 0) is 23.7 Å². The minimum atomic E-state index is 0.553. The highest BCUT2D eigenvalue weighted by molar-refractivity contribution is 4.72. The van der Waals surface area contributed by atoms with Crippen molar-refractivity contribution >= 4 is 0 Å². The van der Waals surface area contributed by atoms with Gasteiger partial charge in [-0.15, -0.1) is 0 Å². The fourth-order valence-electron chi connectivity index (χ4n) is 2.50. The topological polar surface area (TPSA) is 0 Å². The van der Waals surface area contributed by atoms with Crippen LogP contribution in [-0.2, 0) is 0 Å². The molecule has 0 amide bonds. The van der Waals surface area contributed by atoms with E-state index in [0.29, 0.717) is 5.41 Å². The molecular weight excluding hydrogens is 192 g/mol. The van der Waals surface area contributed by atoms with E-state index >= 15 is 0 Å². The van der Waals surface area contributed by atoms with Gasteiger partial charge in [0.05, 0.1) is 0 Å². The highest BCUT2D eigenvalue weighted by atomic mass is 14.3. The van der Waals surface area contributed by atoms with Gasteiger partial charge in [-0.1, -0.05) is 80.1 Å². The lowest BCUT2D eigenvalue weighted by molar-refractivity contribution is 0.232. The highest BCUT2D eigenvalue weighted by Gasteiger charge is 2.20. The Hall–Kier alpha value is 0. The lowest BCUT2D eigenvalue weighted by Gasteiger charge is -2.28. The first-order chi connectivity index (χ1) is 7.41. The van der Waals surface area contributed by atoms with Crippen LogP contribution in [0.15, 0.2) is 0 Å². The Morgan fingerprint density at radius 1 is 0.938 bits per heavy atom. The van der Waals surface area contributed by atoms with Crippen molar-refractivity contribution in [2.45, 2.75) is 86.5 Å². The molecule has 0 heteroatoms. The largest absolute Gasteiger partial charge is 0.0654 e. The molecule has 0 aromatic carbocycles. The molecule has 0 rings (SSSR count). The first-order valence-electron chi connectivity index (χ1n) is 7.41. The van der Waals surface area contributed by atoms with Gasteiger partial charge in [0, 0.05) is 0 Å². The minimum Gasteiger partial charge on any atom is -0.0654 e. The van der Waals surface area contributed by atoms with E-state index < -0.39 is 0 Å². The summed E-state index contributed by atoms with van der Waals surface area (Å²) in [6.07, 6.45) is 9.82. The monoisotopic (exact) mass is 226 g/mol. The summed E-state index contributed by atoms with van der Waals surface area (Å²) in [5.74, 6) is 1.85. The third-order valence-electron chi connectivity index (χ3n) is 3.89. The molecule has 0 saturated heterocycles. The molecule has 0 saturated carbocycles. The molecule has 0 aliphatic carbocycles. The van der Waals surface area contributed by atoms with Gasteiger partial charge in [0.15, 0.2) is 0 Å². The first-order valence-corrected chi connectivity index (χ1v) is 7.41. The Morgan fingerprint density at radius 2 is 1.56 bits per heavy atom. The van der Waals surface area contributed by atoms with Crippen LogP contribution in [0.2, 0.25) is 0 Å². The molecule has 98 valence electrons. The smallest absolute Gasteiger partial charge is 0.0354 e. The average molecular weight is 226 g/mol. The van der Waals surface area contributed by atoms with E-state index in [0.717, 1.165) is 11.8 Å². The standard InChI is InChI=1S/C16H34/c1-7-10-15(12-9-11-14(3)4)13-16(5,6)8-2/h14-15H,7-13H2,1-6H3. The van der Waals surface area contributed by atoms with Gasteiger partial charge in [0.1, 0.15) is 0 Å². The SMILES string of the molecule is CCCC(CCCC(C)C)CC(C)(C)CC. The van der Waals surface area contributed by atoms with Crippen molar-refractivity contribution in [2.24, 2.45) is 17.3 Å². The minimum absolute atomic E-state index is 0.553. The van der Waals surface area contributed by atoms with Gasteiger partial charge >= 0.3 is 0 Å². The summed E-state index contributed by atoms with van der Waals surface area (Å²) in [5.41, 5.74) is 0.553. The molecule has 1 atom stereocenters. The molecule has 1 unspecified atom stereocenters. The molecule has 0 aromatic rings. The fraction of sp³-hybridized carbons (Fsp3) is 1.00. The van der Waals surface area contributed by atoms with Crippen LogP contribution in [0.1, 0.15) is 86.5 Å². The van der Waals surface area contributed by atoms with E-state index in [2.05, 4.69) is 41.5 Å². The lowest BCUT2D eigenvalue weighted by atomic mass is 9.77.